The summed E-state index contributed by atoms with van der Waals surface area (Å²) < 4.78 is 5.19. The van der Waals surface area contributed by atoms with Crippen molar-refractivity contribution in [2.75, 3.05) is 12.4 Å². The van der Waals surface area contributed by atoms with Gasteiger partial charge in [0.1, 0.15) is 5.75 Å². The van der Waals surface area contributed by atoms with Crippen molar-refractivity contribution in [3.8, 4) is 11.8 Å². The van der Waals surface area contributed by atoms with Gasteiger partial charge in [0.15, 0.2) is 0 Å². The molecular weight excluding hydrogens is 236 g/mol. The van der Waals surface area contributed by atoms with Crippen LogP contribution in [0, 0.1) is 25.2 Å². The highest BCUT2D eigenvalue weighted by atomic mass is 16.5. The van der Waals surface area contributed by atoms with Gasteiger partial charge in [0.05, 0.1) is 18.7 Å². The molecule has 1 N–H and O–H groups in total. The smallest absolute Gasteiger partial charge is 0.119 e. The van der Waals surface area contributed by atoms with E-state index in [0.717, 1.165) is 28.3 Å². The maximum Gasteiger partial charge on any atom is 0.119 e. The molecule has 0 saturated carbocycles. The number of hydrogen-bond acceptors (Lipinski definition) is 3. The van der Waals surface area contributed by atoms with Crippen LogP contribution < -0.4 is 10.1 Å². The largest absolute Gasteiger partial charge is 0.497 e. The Morgan fingerprint density at radius 3 is 2.42 bits per heavy atom. The van der Waals surface area contributed by atoms with Crippen LogP contribution in [0.2, 0.25) is 0 Å². The first-order valence-corrected chi connectivity index (χ1v) is 6.06. The number of nitrogens with zero attached hydrogens (tertiary/aromatic N) is 1. The third-order valence-electron chi connectivity index (χ3n) is 3.06. The summed E-state index contributed by atoms with van der Waals surface area (Å²) in [5, 5.41) is 12.3. The third-order valence-corrected chi connectivity index (χ3v) is 3.06. The number of ether oxygens (including phenoxy) is 1. The van der Waals surface area contributed by atoms with E-state index in [9.17, 15) is 0 Å². The molecule has 0 bridgehead atoms. The summed E-state index contributed by atoms with van der Waals surface area (Å²) in [5.74, 6) is 0.846. The van der Waals surface area contributed by atoms with Crippen molar-refractivity contribution >= 4 is 11.4 Å². The molecule has 3 nitrogen and oxygen atoms in total. The number of hydrogen-bond donors (Lipinski definition) is 1. The van der Waals surface area contributed by atoms with Crippen LogP contribution >= 0.6 is 0 Å². The molecule has 0 fully saturated rings. The van der Waals surface area contributed by atoms with E-state index in [0.29, 0.717) is 5.56 Å². The Balaban J connectivity index is 2.26. The van der Waals surface area contributed by atoms with Crippen molar-refractivity contribution in [2.24, 2.45) is 0 Å². The van der Waals surface area contributed by atoms with Crippen LogP contribution in [0.3, 0.4) is 0 Å². The highest BCUT2D eigenvalue weighted by molar-refractivity contribution is 5.65. The monoisotopic (exact) mass is 252 g/mol. The molecule has 0 heterocycles. The van der Waals surface area contributed by atoms with Gasteiger partial charge in [-0.3, -0.25) is 0 Å². The van der Waals surface area contributed by atoms with Gasteiger partial charge in [0.2, 0.25) is 0 Å². The Kier molecular flexibility index (Phi) is 3.72. The highest BCUT2D eigenvalue weighted by Crippen LogP contribution is 2.25. The summed E-state index contributed by atoms with van der Waals surface area (Å²) in [7, 11) is 1.66. The zero-order chi connectivity index (χ0) is 13.8. The molecule has 2 rings (SSSR count). The molecule has 0 aliphatic heterocycles. The summed E-state index contributed by atoms with van der Waals surface area (Å²) >= 11 is 0. The summed E-state index contributed by atoms with van der Waals surface area (Å²) in [6.07, 6.45) is 0. The van der Waals surface area contributed by atoms with Gasteiger partial charge in [-0.05, 0) is 61.4 Å². The third kappa shape index (κ3) is 2.86. The second kappa shape index (κ2) is 5.45. The topological polar surface area (TPSA) is 45.0 Å². The molecule has 0 amide bonds. The molecule has 0 aromatic heterocycles. The van der Waals surface area contributed by atoms with Crippen LogP contribution in [0.1, 0.15) is 16.7 Å². The average Bonchev–Trinajstić information content (AvgIpc) is 2.41. The Morgan fingerprint density at radius 2 is 1.84 bits per heavy atom. The van der Waals surface area contributed by atoms with Crippen molar-refractivity contribution in [1.82, 2.24) is 0 Å². The van der Waals surface area contributed by atoms with Gasteiger partial charge in [-0.25, -0.2) is 0 Å². The van der Waals surface area contributed by atoms with Crippen molar-refractivity contribution in [3.05, 3.63) is 53.1 Å². The van der Waals surface area contributed by atoms with Crippen molar-refractivity contribution in [2.45, 2.75) is 13.8 Å². The van der Waals surface area contributed by atoms with Crippen LogP contribution in [0.15, 0.2) is 36.4 Å². The van der Waals surface area contributed by atoms with Gasteiger partial charge >= 0.3 is 0 Å². The first-order chi connectivity index (χ1) is 9.13. The lowest BCUT2D eigenvalue weighted by atomic mass is 10.1. The van der Waals surface area contributed by atoms with Gasteiger partial charge < -0.3 is 10.1 Å². The Bertz CT molecular complexity index is 642. The zero-order valence-corrected chi connectivity index (χ0v) is 11.3. The maximum atomic E-state index is 8.92. The minimum absolute atomic E-state index is 0.706. The number of benzene rings is 2. The second-order valence-corrected chi connectivity index (χ2v) is 4.45. The van der Waals surface area contributed by atoms with E-state index >= 15 is 0 Å². The van der Waals surface area contributed by atoms with E-state index in [1.54, 1.807) is 7.11 Å². The molecule has 0 spiro atoms. The van der Waals surface area contributed by atoms with E-state index in [4.69, 9.17) is 10.00 Å². The minimum Gasteiger partial charge on any atom is -0.497 e. The Hall–Kier alpha value is -2.47. The molecular formula is C16H16N2O. The SMILES string of the molecule is COc1ccc(Nc2ccc(C#N)c(C)c2)c(C)c1. The molecule has 2 aromatic rings. The van der Waals surface area contributed by atoms with E-state index in [1.807, 2.05) is 50.2 Å². The molecule has 2 aromatic carbocycles. The molecule has 0 aliphatic carbocycles. The van der Waals surface area contributed by atoms with Gasteiger partial charge in [-0.1, -0.05) is 0 Å². The summed E-state index contributed by atoms with van der Waals surface area (Å²) in [6.45, 7) is 3.96. The minimum atomic E-state index is 0.706. The summed E-state index contributed by atoms with van der Waals surface area (Å²) in [4.78, 5) is 0. The van der Waals surface area contributed by atoms with Gasteiger partial charge in [0, 0.05) is 11.4 Å². The number of anilines is 2. The molecule has 3 heteroatoms. The number of methoxy groups -OCH3 is 1. The van der Waals surface area contributed by atoms with Gasteiger partial charge in [-0.15, -0.1) is 0 Å². The predicted molar refractivity (Wildman–Crippen MR) is 76.9 cm³/mol. The van der Waals surface area contributed by atoms with Crippen LogP contribution in [-0.2, 0) is 0 Å². The molecule has 0 saturated heterocycles. The normalized spacial score (nSPS) is 9.79. The lowest BCUT2D eigenvalue weighted by Crippen LogP contribution is -1.95. The standard InChI is InChI=1S/C16H16N2O/c1-11-8-14(5-4-13(11)10-17)18-16-7-6-15(19-3)9-12(16)2/h4-9,18H,1-3H3. The first kappa shape index (κ1) is 13.0. The Morgan fingerprint density at radius 1 is 1.05 bits per heavy atom. The number of nitriles is 1. The second-order valence-electron chi connectivity index (χ2n) is 4.45. The molecule has 0 radical (unpaired) electrons. The number of aryl methyl sites for hydroxylation is 2. The molecule has 19 heavy (non-hydrogen) atoms. The lowest BCUT2D eigenvalue weighted by molar-refractivity contribution is 0.414. The fourth-order valence-electron chi connectivity index (χ4n) is 1.93. The number of nitrogens with one attached hydrogen (secondary N) is 1. The maximum absolute atomic E-state index is 8.92. The summed E-state index contributed by atoms with van der Waals surface area (Å²) in [6, 6.07) is 13.8. The van der Waals surface area contributed by atoms with Crippen LogP contribution in [0.25, 0.3) is 0 Å². The van der Waals surface area contributed by atoms with Crippen molar-refractivity contribution in [1.29, 1.82) is 5.26 Å². The van der Waals surface area contributed by atoms with Gasteiger partial charge in [-0.2, -0.15) is 5.26 Å². The zero-order valence-electron chi connectivity index (χ0n) is 11.3. The number of rotatable bonds is 3. The fraction of sp³-hybridized carbons (Fsp3) is 0.188. The predicted octanol–water partition coefficient (Wildman–Crippen LogP) is 3.93. The van der Waals surface area contributed by atoms with Crippen LogP contribution in [-0.4, -0.2) is 7.11 Å². The highest BCUT2D eigenvalue weighted by Gasteiger charge is 2.03. The molecule has 0 atom stereocenters. The van der Waals surface area contributed by atoms with Crippen LogP contribution in [0.4, 0.5) is 11.4 Å². The van der Waals surface area contributed by atoms with Crippen LogP contribution in [0.5, 0.6) is 5.75 Å². The molecule has 0 aliphatic rings. The van der Waals surface area contributed by atoms with Gasteiger partial charge in [0.25, 0.3) is 0 Å². The van der Waals surface area contributed by atoms with E-state index in [2.05, 4.69) is 11.4 Å². The lowest BCUT2D eigenvalue weighted by Gasteiger charge is -2.11. The van der Waals surface area contributed by atoms with E-state index in [-0.39, 0.29) is 0 Å². The van der Waals surface area contributed by atoms with E-state index < -0.39 is 0 Å². The quantitative estimate of drug-likeness (QED) is 0.900. The molecule has 96 valence electrons. The Labute approximate surface area is 113 Å². The molecule has 0 unspecified atom stereocenters. The average molecular weight is 252 g/mol. The van der Waals surface area contributed by atoms with Crippen molar-refractivity contribution < 1.29 is 4.74 Å². The fourth-order valence-corrected chi connectivity index (χ4v) is 1.93. The van der Waals surface area contributed by atoms with E-state index in [1.165, 1.54) is 0 Å². The van der Waals surface area contributed by atoms with Crippen molar-refractivity contribution in [3.63, 3.8) is 0 Å². The first-order valence-electron chi connectivity index (χ1n) is 6.06. The summed E-state index contributed by atoms with van der Waals surface area (Å²) in [5.41, 5.74) is 4.80.